The molecule has 0 saturated carbocycles. The van der Waals surface area contributed by atoms with Crippen molar-refractivity contribution in [3.05, 3.63) is 120 Å². The number of amides is 1. The summed E-state index contributed by atoms with van der Waals surface area (Å²) in [7, 11) is 1.62. The van der Waals surface area contributed by atoms with Crippen LogP contribution in [0.2, 0.25) is 0 Å². The third-order valence-corrected chi connectivity index (χ3v) is 7.37. The van der Waals surface area contributed by atoms with Crippen LogP contribution in [0.4, 0.5) is 0 Å². The number of allylic oxidation sites excluding steroid dienone is 1. The van der Waals surface area contributed by atoms with Crippen LogP contribution in [0.25, 0.3) is 28.2 Å². The zero-order chi connectivity index (χ0) is 31.0. The Morgan fingerprint density at radius 3 is 2.51 bits per heavy atom. The zero-order valence-corrected chi connectivity index (χ0v) is 25.2. The van der Waals surface area contributed by atoms with Crippen molar-refractivity contribution in [2.45, 2.75) is 19.8 Å². The third-order valence-electron chi connectivity index (χ3n) is 7.37. The summed E-state index contributed by atoms with van der Waals surface area (Å²) in [5.74, 6) is 2.58. The van der Waals surface area contributed by atoms with E-state index in [0.29, 0.717) is 40.6 Å². The quantitative estimate of drug-likeness (QED) is 0.0952. The van der Waals surface area contributed by atoms with Crippen LogP contribution >= 0.6 is 0 Å². The second kappa shape index (κ2) is 13.8. The van der Waals surface area contributed by atoms with Gasteiger partial charge in [-0.15, -0.1) is 0 Å². The van der Waals surface area contributed by atoms with E-state index >= 15 is 0 Å². The first-order chi connectivity index (χ1) is 22.1. The van der Waals surface area contributed by atoms with Gasteiger partial charge >= 0.3 is 0 Å². The molecule has 8 heteroatoms. The molecule has 4 aromatic carbocycles. The summed E-state index contributed by atoms with van der Waals surface area (Å²) >= 11 is 0. The van der Waals surface area contributed by atoms with E-state index in [1.165, 1.54) is 0 Å². The second-order valence-electron chi connectivity index (χ2n) is 10.4. The minimum atomic E-state index is -0.350. The molecule has 2 heterocycles. The van der Waals surface area contributed by atoms with E-state index in [1.54, 1.807) is 13.2 Å². The molecule has 0 bridgehead atoms. The molecule has 0 unspecified atom stereocenters. The van der Waals surface area contributed by atoms with Crippen molar-refractivity contribution < 1.29 is 23.7 Å². The van der Waals surface area contributed by atoms with Crippen LogP contribution in [0.5, 0.6) is 23.0 Å². The van der Waals surface area contributed by atoms with Gasteiger partial charge in [0, 0.05) is 16.5 Å². The Labute approximate surface area is 261 Å². The van der Waals surface area contributed by atoms with Gasteiger partial charge in [0.1, 0.15) is 11.5 Å². The van der Waals surface area contributed by atoms with E-state index in [2.05, 4.69) is 17.5 Å². The first-order valence-electron chi connectivity index (χ1n) is 14.8. The minimum Gasteiger partial charge on any atom is -0.497 e. The van der Waals surface area contributed by atoms with Gasteiger partial charge in [0.15, 0.2) is 11.5 Å². The van der Waals surface area contributed by atoms with E-state index in [4.69, 9.17) is 23.9 Å². The molecule has 0 spiro atoms. The van der Waals surface area contributed by atoms with Crippen LogP contribution in [0.1, 0.15) is 41.3 Å². The Bertz CT molecular complexity index is 1860. The van der Waals surface area contributed by atoms with Crippen LogP contribution in [0.15, 0.2) is 108 Å². The van der Waals surface area contributed by atoms with Gasteiger partial charge in [-0.25, -0.2) is 10.4 Å². The number of carbonyl (C=O) groups is 1. The maximum atomic E-state index is 13.7. The Morgan fingerprint density at radius 2 is 1.71 bits per heavy atom. The smallest absolute Gasteiger partial charge is 0.272 e. The molecule has 0 fully saturated rings. The highest BCUT2D eigenvalue weighted by Crippen LogP contribution is 2.33. The maximum Gasteiger partial charge on any atom is 0.272 e. The fourth-order valence-electron chi connectivity index (χ4n) is 4.89. The summed E-state index contributed by atoms with van der Waals surface area (Å²) in [6.07, 6.45) is 5.83. The number of aromatic nitrogens is 1. The number of unbranched alkanes of at least 4 members (excludes halogenated alkanes) is 1. The largest absolute Gasteiger partial charge is 0.497 e. The van der Waals surface area contributed by atoms with Gasteiger partial charge < -0.3 is 18.9 Å². The average Bonchev–Trinajstić information content (AvgIpc) is 3.56. The van der Waals surface area contributed by atoms with Gasteiger partial charge in [-0.05, 0) is 90.9 Å². The maximum absolute atomic E-state index is 13.7. The first-order valence-corrected chi connectivity index (χ1v) is 14.8. The van der Waals surface area contributed by atoms with E-state index in [-0.39, 0.29) is 12.7 Å². The van der Waals surface area contributed by atoms with E-state index in [1.807, 2.05) is 103 Å². The van der Waals surface area contributed by atoms with E-state index in [0.717, 1.165) is 46.4 Å². The van der Waals surface area contributed by atoms with Crippen molar-refractivity contribution >= 4 is 28.6 Å². The number of hydrogen-bond donors (Lipinski definition) is 1. The second-order valence-corrected chi connectivity index (χ2v) is 10.4. The lowest BCUT2D eigenvalue weighted by Gasteiger charge is -2.11. The standard InChI is InChI=1S/C37H33N3O5/c1-3-4-21-43-29-17-13-27(14-18-29)34-23-31(30-7-5-6-8-33(30)38-34)37(41)40-39-32(26-11-15-28(42-2)16-12-26)19-9-25-10-20-35-36(22-25)45-24-44-35/h5-20,22-23H,3-4,21,24H2,1-2H3,(H,40,41)/b19-9+,39-32-. The highest BCUT2D eigenvalue weighted by molar-refractivity contribution is 6.12. The van der Waals surface area contributed by atoms with Crippen molar-refractivity contribution in [3.63, 3.8) is 0 Å². The summed E-state index contributed by atoms with van der Waals surface area (Å²) in [6.45, 7) is 3.02. The molecule has 0 saturated heterocycles. The number of fused-ring (bicyclic) bond motifs is 2. The zero-order valence-electron chi connectivity index (χ0n) is 25.2. The normalized spacial score (nSPS) is 12.4. The Balaban J connectivity index is 1.30. The molecule has 1 aliphatic rings. The molecule has 0 aliphatic carbocycles. The van der Waals surface area contributed by atoms with Crippen molar-refractivity contribution in [1.29, 1.82) is 0 Å². The van der Waals surface area contributed by atoms with Crippen LogP contribution < -0.4 is 24.4 Å². The fraction of sp³-hybridized carbons (Fsp3) is 0.162. The Kier molecular flexibility index (Phi) is 9.01. The number of hydrogen-bond acceptors (Lipinski definition) is 7. The first kappa shape index (κ1) is 29.4. The highest BCUT2D eigenvalue weighted by Gasteiger charge is 2.15. The van der Waals surface area contributed by atoms with Crippen LogP contribution in [-0.4, -0.2) is 37.1 Å². The Hall–Kier alpha value is -5.63. The number of rotatable bonds is 11. The number of hydrazone groups is 1. The summed E-state index contributed by atoms with van der Waals surface area (Å²) in [6, 6.07) is 30.4. The number of ether oxygens (including phenoxy) is 4. The molecule has 5 aromatic rings. The van der Waals surface area contributed by atoms with Gasteiger partial charge in [-0.3, -0.25) is 4.79 Å². The number of para-hydroxylation sites is 1. The molecular weight excluding hydrogens is 566 g/mol. The molecule has 226 valence electrons. The lowest BCUT2D eigenvalue weighted by molar-refractivity contribution is 0.0956. The number of benzene rings is 4. The monoisotopic (exact) mass is 599 g/mol. The number of pyridine rings is 1. The van der Waals surface area contributed by atoms with Gasteiger partial charge in [0.2, 0.25) is 6.79 Å². The molecular formula is C37H33N3O5. The van der Waals surface area contributed by atoms with Crippen molar-refractivity contribution in [2.75, 3.05) is 20.5 Å². The number of carbonyl (C=O) groups excluding carboxylic acids is 1. The number of methoxy groups -OCH3 is 1. The van der Waals surface area contributed by atoms with Crippen molar-refractivity contribution in [1.82, 2.24) is 10.4 Å². The lowest BCUT2D eigenvalue weighted by atomic mass is 10.0. The van der Waals surface area contributed by atoms with Gasteiger partial charge in [0.05, 0.1) is 36.2 Å². The molecule has 1 aromatic heterocycles. The van der Waals surface area contributed by atoms with Crippen LogP contribution in [-0.2, 0) is 0 Å². The molecule has 1 amide bonds. The molecule has 1 aliphatic heterocycles. The van der Waals surface area contributed by atoms with Crippen LogP contribution in [0, 0.1) is 0 Å². The molecule has 0 radical (unpaired) electrons. The summed E-state index contributed by atoms with van der Waals surface area (Å²) in [5, 5.41) is 5.30. The topological polar surface area (TPSA) is 91.3 Å². The average molecular weight is 600 g/mol. The molecule has 0 atom stereocenters. The third kappa shape index (κ3) is 6.96. The fourth-order valence-corrected chi connectivity index (χ4v) is 4.89. The SMILES string of the molecule is CCCCOc1ccc(-c2cc(C(=O)N/N=C(/C=C/c3ccc4c(c3)OCO4)c3ccc(OC)cc3)c3ccccc3n2)cc1. The predicted octanol–water partition coefficient (Wildman–Crippen LogP) is 7.67. The van der Waals surface area contributed by atoms with E-state index in [9.17, 15) is 4.79 Å². The van der Waals surface area contributed by atoms with Crippen molar-refractivity contribution in [2.24, 2.45) is 5.10 Å². The van der Waals surface area contributed by atoms with Crippen LogP contribution in [0.3, 0.4) is 0 Å². The van der Waals surface area contributed by atoms with Gasteiger partial charge in [-0.2, -0.15) is 5.10 Å². The van der Waals surface area contributed by atoms with Gasteiger partial charge in [0.25, 0.3) is 5.91 Å². The highest BCUT2D eigenvalue weighted by atomic mass is 16.7. The van der Waals surface area contributed by atoms with E-state index < -0.39 is 0 Å². The number of nitrogens with zero attached hydrogens (tertiary/aromatic N) is 2. The molecule has 6 rings (SSSR count). The lowest BCUT2D eigenvalue weighted by Crippen LogP contribution is -2.20. The number of nitrogens with one attached hydrogen (secondary N) is 1. The molecule has 1 N–H and O–H groups in total. The molecule has 45 heavy (non-hydrogen) atoms. The molecule has 8 nitrogen and oxygen atoms in total. The Morgan fingerprint density at radius 1 is 0.933 bits per heavy atom. The predicted molar refractivity (Wildman–Crippen MR) is 176 cm³/mol. The minimum absolute atomic E-state index is 0.206. The summed E-state index contributed by atoms with van der Waals surface area (Å²) < 4.78 is 22.1. The summed E-state index contributed by atoms with van der Waals surface area (Å²) in [4.78, 5) is 18.6. The van der Waals surface area contributed by atoms with Gasteiger partial charge in [-0.1, -0.05) is 43.7 Å². The summed E-state index contributed by atoms with van der Waals surface area (Å²) in [5.41, 5.74) is 7.79. The van der Waals surface area contributed by atoms with Crippen molar-refractivity contribution in [3.8, 4) is 34.3 Å².